The van der Waals surface area contributed by atoms with Gasteiger partial charge in [-0.05, 0) is 56.0 Å². The second kappa shape index (κ2) is 13.7. The van der Waals surface area contributed by atoms with Crippen molar-refractivity contribution in [3.8, 4) is 5.75 Å². The SMILES string of the molecule is COc1ccc(C[C@H](NC(=O)[C@H](C)N2CCCC[C@H]2CO)C(=O)N[C@@H](Cc2ccccc2)C(=O)[C@H]2CO2)cc1. The predicted octanol–water partition coefficient (Wildman–Crippen LogP) is 1.65. The van der Waals surface area contributed by atoms with Crippen LogP contribution in [-0.2, 0) is 32.0 Å². The first-order valence-electron chi connectivity index (χ1n) is 13.7. The minimum absolute atomic E-state index is 0.0140. The first-order chi connectivity index (χ1) is 18.9. The molecule has 0 aromatic heterocycles. The first-order valence-corrected chi connectivity index (χ1v) is 13.7. The lowest BCUT2D eigenvalue weighted by molar-refractivity contribution is -0.134. The third kappa shape index (κ3) is 7.88. The number of nitrogens with zero attached hydrogens (tertiary/aromatic N) is 1. The third-order valence-corrected chi connectivity index (χ3v) is 7.59. The maximum absolute atomic E-state index is 13.7. The van der Waals surface area contributed by atoms with Gasteiger partial charge in [0, 0.05) is 12.5 Å². The van der Waals surface area contributed by atoms with E-state index in [0.717, 1.165) is 30.4 Å². The number of Topliss-reactive ketones (excluding diaryl/α,β-unsaturated/α-hetero) is 1. The number of likely N-dealkylation sites (tertiary alicyclic amines) is 1. The summed E-state index contributed by atoms with van der Waals surface area (Å²) in [5.74, 6) is -0.205. The van der Waals surface area contributed by atoms with Gasteiger partial charge in [-0.1, -0.05) is 48.9 Å². The minimum Gasteiger partial charge on any atom is -0.497 e. The summed E-state index contributed by atoms with van der Waals surface area (Å²) in [5, 5.41) is 15.7. The van der Waals surface area contributed by atoms with Crippen molar-refractivity contribution in [2.45, 2.75) is 69.3 Å². The van der Waals surface area contributed by atoms with Crippen LogP contribution in [0.15, 0.2) is 54.6 Å². The van der Waals surface area contributed by atoms with Gasteiger partial charge in [0.25, 0.3) is 0 Å². The molecule has 4 rings (SSSR count). The number of aliphatic hydroxyl groups excluding tert-OH is 1. The Morgan fingerprint density at radius 2 is 1.62 bits per heavy atom. The second-order valence-electron chi connectivity index (χ2n) is 10.3. The summed E-state index contributed by atoms with van der Waals surface area (Å²) in [6, 6.07) is 14.5. The van der Waals surface area contributed by atoms with Gasteiger partial charge in [-0.3, -0.25) is 19.3 Å². The van der Waals surface area contributed by atoms with Gasteiger partial charge in [-0.2, -0.15) is 0 Å². The number of hydrogen-bond acceptors (Lipinski definition) is 7. The highest BCUT2D eigenvalue weighted by Gasteiger charge is 2.38. The normalized spacial score (nSPS) is 21.3. The van der Waals surface area contributed by atoms with Crippen LogP contribution < -0.4 is 15.4 Å². The Labute approximate surface area is 229 Å². The molecular weight excluding hydrogens is 498 g/mol. The predicted molar refractivity (Wildman–Crippen MR) is 146 cm³/mol. The van der Waals surface area contributed by atoms with E-state index in [0.29, 0.717) is 25.3 Å². The van der Waals surface area contributed by atoms with Crippen LogP contribution >= 0.6 is 0 Å². The summed E-state index contributed by atoms with van der Waals surface area (Å²) >= 11 is 0. The molecule has 2 aromatic rings. The lowest BCUT2D eigenvalue weighted by Crippen LogP contribution is -2.58. The zero-order valence-corrected chi connectivity index (χ0v) is 22.7. The number of carbonyl (C=O) groups is 3. The van der Waals surface area contributed by atoms with E-state index >= 15 is 0 Å². The molecule has 2 saturated heterocycles. The Balaban J connectivity index is 1.52. The Hall–Kier alpha value is -3.27. The van der Waals surface area contributed by atoms with Gasteiger partial charge >= 0.3 is 0 Å². The number of nitrogens with one attached hydrogen (secondary N) is 2. The molecule has 39 heavy (non-hydrogen) atoms. The highest BCUT2D eigenvalue weighted by molar-refractivity contribution is 5.96. The van der Waals surface area contributed by atoms with Crippen LogP contribution in [0.5, 0.6) is 5.75 Å². The van der Waals surface area contributed by atoms with Crippen LogP contribution in [0.1, 0.15) is 37.3 Å². The maximum atomic E-state index is 13.7. The minimum atomic E-state index is -0.906. The van der Waals surface area contributed by atoms with E-state index in [1.54, 1.807) is 26.2 Å². The Bertz CT molecular complexity index is 1110. The van der Waals surface area contributed by atoms with Crippen molar-refractivity contribution in [3.63, 3.8) is 0 Å². The fourth-order valence-corrected chi connectivity index (χ4v) is 5.16. The fourth-order valence-electron chi connectivity index (χ4n) is 5.16. The average Bonchev–Trinajstić information content (AvgIpc) is 3.82. The first kappa shape index (κ1) is 28.7. The van der Waals surface area contributed by atoms with Gasteiger partial charge in [0.2, 0.25) is 11.8 Å². The number of aliphatic hydroxyl groups is 1. The van der Waals surface area contributed by atoms with E-state index in [4.69, 9.17) is 9.47 Å². The average molecular weight is 538 g/mol. The van der Waals surface area contributed by atoms with E-state index in [-0.39, 0.29) is 30.8 Å². The molecule has 5 atom stereocenters. The van der Waals surface area contributed by atoms with Gasteiger partial charge in [0.1, 0.15) is 17.9 Å². The largest absolute Gasteiger partial charge is 0.497 e. The van der Waals surface area contributed by atoms with E-state index in [9.17, 15) is 19.5 Å². The molecule has 2 aliphatic heterocycles. The zero-order chi connectivity index (χ0) is 27.8. The van der Waals surface area contributed by atoms with Crippen molar-refractivity contribution in [3.05, 3.63) is 65.7 Å². The second-order valence-corrected chi connectivity index (χ2v) is 10.3. The number of hydrogen-bond donors (Lipinski definition) is 3. The Kier molecular flexibility index (Phi) is 10.1. The van der Waals surface area contributed by atoms with E-state index < -0.39 is 30.1 Å². The van der Waals surface area contributed by atoms with E-state index in [1.165, 1.54) is 0 Å². The van der Waals surface area contributed by atoms with Crippen molar-refractivity contribution in [1.82, 2.24) is 15.5 Å². The van der Waals surface area contributed by atoms with Crippen LogP contribution in [0.4, 0.5) is 0 Å². The molecule has 2 amide bonds. The monoisotopic (exact) mass is 537 g/mol. The van der Waals surface area contributed by atoms with Crippen molar-refractivity contribution in [2.75, 3.05) is 26.9 Å². The van der Waals surface area contributed by atoms with Crippen LogP contribution in [-0.4, -0.2) is 84.7 Å². The van der Waals surface area contributed by atoms with Crippen molar-refractivity contribution >= 4 is 17.6 Å². The molecular formula is C30H39N3O6. The summed E-state index contributed by atoms with van der Waals surface area (Å²) in [6.45, 7) is 2.85. The molecule has 0 radical (unpaired) electrons. The molecule has 0 saturated carbocycles. The zero-order valence-electron chi connectivity index (χ0n) is 22.7. The molecule has 0 unspecified atom stereocenters. The number of epoxide rings is 1. The summed E-state index contributed by atoms with van der Waals surface area (Å²) < 4.78 is 10.5. The number of ether oxygens (including phenoxy) is 2. The lowest BCUT2D eigenvalue weighted by atomic mass is 9.98. The third-order valence-electron chi connectivity index (χ3n) is 7.59. The summed E-state index contributed by atoms with van der Waals surface area (Å²) in [7, 11) is 1.58. The smallest absolute Gasteiger partial charge is 0.243 e. The van der Waals surface area contributed by atoms with Crippen molar-refractivity contribution < 1.29 is 29.0 Å². The van der Waals surface area contributed by atoms with Crippen LogP contribution in [0.2, 0.25) is 0 Å². The van der Waals surface area contributed by atoms with Gasteiger partial charge in [-0.15, -0.1) is 0 Å². The molecule has 9 heteroatoms. The quantitative estimate of drug-likeness (QED) is 0.332. The molecule has 0 bridgehead atoms. The molecule has 9 nitrogen and oxygen atoms in total. The molecule has 210 valence electrons. The number of piperidine rings is 1. The van der Waals surface area contributed by atoms with E-state index in [2.05, 4.69) is 10.6 Å². The molecule has 2 aromatic carbocycles. The number of carbonyl (C=O) groups excluding carboxylic acids is 3. The number of benzene rings is 2. The summed E-state index contributed by atoms with van der Waals surface area (Å²) in [4.78, 5) is 42.1. The van der Waals surface area contributed by atoms with Crippen LogP contribution in [0.25, 0.3) is 0 Å². The van der Waals surface area contributed by atoms with Crippen LogP contribution in [0, 0.1) is 0 Å². The highest BCUT2D eigenvalue weighted by atomic mass is 16.6. The molecule has 2 aliphatic rings. The molecule has 0 aliphatic carbocycles. The number of ketones is 1. The summed E-state index contributed by atoms with van der Waals surface area (Å²) in [6.07, 6.45) is 2.86. The summed E-state index contributed by atoms with van der Waals surface area (Å²) in [5.41, 5.74) is 1.76. The highest BCUT2D eigenvalue weighted by Crippen LogP contribution is 2.20. The fraction of sp³-hybridized carbons (Fsp3) is 0.500. The van der Waals surface area contributed by atoms with Crippen molar-refractivity contribution in [2.24, 2.45) is 0 Å². The maximum Gasteiger partial charge on any atom is 0.243 e. The van der Waals surface area contributed by atoms with Gasteiger partial charge in [-0.25, -0.2) is 0 Å². The van der Waals surface area contributed by atoms with E-state index in [1.807, 2.05) is 47.4 Å². The topological polar surface area (TPSA) is 120 Å². The molecule has 2 fully saturated rings. The Morgan fingerprint density at radius 3 is 2.26 bits per heavy atom. The number of methoxy groups -OCH3 is 1. The standard InChI is InChI=1S/C30H39N3O6/c1-20(33-15-7-6-10-23(33)18-34)29(36)32-26(17-22-11-13-24(38-2)14-12-22)30(37)31-25(28(35)27-19-39-27)16-21-8-4-3-5-9-21/h3-5,8-9,11-14,20,23,25-27,34H,6-7,10,15-19H2,1-2H3,(H,31,37)(H,32,36)/t20-,23-,25-,26-,27+/m0/s1. The lowest BCUT2D eigenvalue weighted by Gasteiger charge is -2.38. The van der Waals surface area contributed by atoms with Crippen molar-refractivity contribution in [1.29, 1.82) is 0 Å². The van der Waals surface area contributed by atoms with Gasteiger partial charge < -0.3 is 25.2 Å². The number of amides is 2. The molecule has 0 spiro atoms. The Morgan fingerprint density at radius 1 is 0.974 bits per heavy atom. The van der Waals surface area contributed by atoms with Crippen LogP contribution in [0.3, 0.4) is 0 Å². The van der Waals surface area contributed by atoms with Gasteiger partial charge in [0.05, 0.1) is 32.4 Å². The molecule has 2 heterocycles. The molecule has 3 N–H and O–H groups in total. The number of rotatable bonds is 13. The van der Waals surface area contributed by atoms with Gasteiger partial charge in [0.15, 0.2) is 5.78 Å².